The van der Waals surface area contributed by atoms with E-state index in [9.17, 15) is 9.59 Å². The minimum atomic E-state index is -0.960. The standard InChI is InChI=1S/C15H18ClNO5/c1-2-22-13-4-3-10(7-12(13)16)15(20)17-5-6-21-9-11(17)8-14(18)19/h3-4,7,11H,2,5-6,8-9H2,1H3,(H,18,19)/t11-/m0/s1. The van der Waals surface area contributed by atoms with Gasteiger partial charge in [0.2, 0.25) is 0 Å². The highest BCUT2D eigenvalue weighted by Crippen LogP contribution is 2.26. The molecular weight excluding hydrogens is 310 g/mol. The summed E-state index contributed by atoms with van der Waals surface area (Å²) >= 11 is 6.10. The Morgan fingerprint density at radius 3 is 2.91 bits per heavy atom. The maximum Gasteiger partial charge on any atom is 0.305 e. The van der Waals surface area contributed by atoms with Crippen molar-refractivity contribution >= 4 is 23.5 Å². The molecular formula is C15H18ClNO5. The topological polar surface area (TPSA) is 76.1 Å². The van der Waals surface area contributed by atoms with E-state index in [0.29, 0.717) is 36.1 Å². The van der Waals surface area contributed by atoms with Gasteiger partial charge >= 0.3 is 5.97 Å². The van der Waals surface area contributed by atoms with E-state index in [1.165, 1.54) is 4.90 Å². The van der Waals surface area contributed by atoms with E-state index >= 15 is 0 Å². The molecule has 1 heterocycles. The van der Waals surface area contributed by atoms with Gasteiger partial charge in [0.25, 0.3) is 5.91 Å². The second-order valence-electron chi connectivity index (χ2n) is 4.90. The Morgan fingerprint density at radius 2 is 2.27 bits per heavy atom. The number of morpholine rings is 1. The van der Waals surface area contributed by atoms with Crippen LogP contribution < -0.4 is 4.74 Å². The van der Waals surface area contributed by atoms with Crippen molar-refractivity contribution in [1.82, 2.24) is 4.90 Å². The van der Waals surface area contributed by atoms with Gasteiger partial charge in [0.05, 0.1) is 37.3 Å². The van der Waals surface area contributed by atoms with Crippen LogP contribution in [0.25, 0.3) is 0 Å². The highest BCUT2D eigenvalue weighted by atomic mass is 35.5. The van der Waals surface area contributed by atoms with Crippen molar-refractivity contribution < 1.29 is 24.2 Å². The highest BCUT2D eigenvalue weighted by molar-refractivity contribution is 6.32. The molecule has 0 spiro atoms. The van der Waals surface area contributed by atoms with Crippen molar-refractivity contribution in [2.45, 2.75) is 19.4 Å². The zero-order chi connectivity index (χ0) is 16.1. The van der Waals surface area contributed by atoms with Crippen LogP contribution in [0.2, 0.25) is 5.02 Å². The lowest BCUT2D eigenvalue weighted by atomic mass is 10.1. The summed E-state index contributed by atoms with van der Waals surface area (Å²) in [6, 6.07) is 4.35. The van der Waals surface area contributed by atoms with Gasteiger partial charge in [-0.15, -0.1) is 0 Å². The summed E-state index contributed by atoms with van der Waals surface area (Å²) in [6.45, 7) is 3.31. The maximum atomic E-state index is 12.6. The first kappa shape index (κ1) is 16.6. The lowest BCUT2D eigenvalue weighted by Crippen LogP contribution is -2.49. The number of nitrogens with zero attached hydrogens (tertiary/aromatic N) is 1. The average Bonchev–Trinajstić information content (AvgIpc) is 2.49. The van der Waals surface area contributed by atoms with Crippen molar-refractivity contribution in [3.8, 4) is 5.75 Å². The van der Waals surface area contributed by atoms with E-state index in [4.69, 9.17) is 26.2 Å². The molecule has 7 heteroatoms. The first-order chi connectivity index (χ1) is 10.5. The number of amides is 1. The second kappa shape index (κ2) is 7.47. The Balaban J connectivity index is 2.18. The molecule has 1 fully saturated rings. The summed E-state index contributed by atoms with van der Waals surface area (Å²) in [4.78, 5) is 25.0. The first-order valence-corrected chi connectivity index (χ1v) is 7.43. The molecule has 1 aromatic rings. The first-order valence-electron chi connectivity index (χ1n) is 7.05. The van der Waals surface area contributed by atoms with Gasteiger partial charge in [-0.1, -0.05) is 11.6 Å². The number of benzene rings is 1. The molecule has 1 N–H and O–H groups in total. The van der Waals surface area contributed by atoms with E-state index in [2.05, 4.69) is 0 Å². The van der Waals surface area contributed by atoms with Gasteiger partial charge < -0.3 is 19.5 Å². The summed E-state index contributed by atoms with van der Waals surface area (Å²) in [5.41, 5.74) is 0.408. The molecule has 0 aromatic heterocycles. The van der Waals surface area contributed by atoms with Crippen molar-refractivity contribution in [2.75, 3.05) is 26.4 Å². The van der Waals surface area contributed by atoms with Crippen LogP contribution in [0.5, 0.6) is 5.75 Å². The van der Waals surface area contributed by atoms with Crippen molar-refractivity contribution in [3.63, 3.8) is 0 Å². The van der Waals surface area contributed by atoms with E-state index < -0.39 is 12.0 Å². The number of ether oxygens (including phenoxy) is 2. The minimum absolute atomic E-state index is 0.142. The number of hydrogen-bond acceptors (Lipinski definition) is 4. The molecule has 1 atom stereocenters. The molecule has 120 valence electrons. The highest BCUT2D eigenvalue weighted by Gasteiger charge is 2.30. The summed E-state index contributed by atoms with van der Waals surface area (Å²) in [6.07, 6.45) is -0.142. The Hall–Kier alpha value is -1.79. The van der Waals surface area contributed by atoms with Gasteiger partial charge in [-0.2, -0.15) is 0 Å². The van der Waals surface area contributed by atoms with Crippen molar-refractivity contribution in [1.29, 1.82) is 0 Å². The SMILES string of the molecule is CCOc1ccc(C(=O)N2CCOC[C@@H]2CC(=O)O)cc1Cl. The fraction of sp³-hybridized carbons (Fsp3) is 0.467. The third kappa shape index (κ3) is 3.90. The van der Waals surface area contributed by atoms with Crippen LogP contribution in [-0.2, 0) is 9.53 Å². The molecule has 0 aliphatic carbocycles. The van der Waals surface area contributed by atoms with Crippen LogP contribution in [0, 0.1) is 0 Å². The molecule has 1 amide bonds. The number of carboxylic acids is 1. The number of aliphatic carboxylic acids is 1. The van der Waals surface area contributed by atoms with E-state index in [1.54, 1.807) is 18.2 Å². The lowest BCUT2D eigenvalue weighted by molar-refractivity contribution is -0.139. The average molecular weight is 328 g/mol. The van der Waals surface area contributed by atoms with Crippen LogP contribution >= 0.6 is 11.6 Å². The van der Waals surface area contributed by atoms with Gasteiger partial charge in [-0.05, 0) is 25.1 Å². The smallest absolute Gasteiger partial charge is 0.305 e. The van der Waals surface area contributed by atoms with Gasteiger partial charge in [0.15, 0.2) is 0 Å². The zero-order valence-electron chi connectivity index (χ0n) is 12.3. The van der Waals surface area contributed by atoms with Crippen molar-refractivity contribution in [3.05, 3.63) is 28.8 Å². The molecule has 6 nitrogen and oxygen atoms in total. The number of carboxylic acid groups (broad SMARTS) is 1. The van der Waals surface area contributed by atoms with Gasteiger partial charge in [-0.3, -0.25) is 9.59 Å². The van der Waals surface area contributed by atoms with Crippen molar-refractivity contribution in [2.24, 2.45) is 0 Å². The summed E-state index contributed by atoms with van der Waals surface area (Å²) in [5.74, 6) is -0.692. The van der Waals surface area contributed by atoms with E-state index in [-0.39, 0.29) is 18.9 Å². The van der Waals surface area contributed by atoms with Crippen LogP contribution in [0.3, 0.4) is 0 Å². The second-order valence-corrected chi connectivity index (χ2v) is 5.31. The van der Waals surface area contributed by atoms with E-state index in [0.717, 1.165) is 0 Å². The minimum Gasteiger partial charge on any atom is -0.492 e. The number of halogens is 1. The molecule has 22 heavy (non-hydrogen) atoms. The maximum absolute atomic E-state index is 12.6. The Kier molecular flexibility index (Phi) is 5.63. The predicted molar refractivity (Wildman–Crippen MR) is 80.5 cm³/mol. The molecule has 1 aliphatic heterocycles. The van der Waals surface area contributed by atoms with Crippen LogP contribution in [-0.4, -0.2) is 54.3 Å². The number of hydrogen-bond donors (Lipinski definition) is 1. The number of carbonyl (C=O) groups is 2. The molecule has 0 radical (unpaired) electrons. The largest absolute Gasteiger partial charge is 0.492 e. The molecule has 1 aromatic carbocycles. The third-order valence-electron chi connectivity index (χ3n) is 3.38. The fourth-order valence-corrected chi connectivity index (χ4v) is 2.60. The van der Waals surface area contributed by atoms with E-state index in [1.807, 2.05) is 6.92 Å². The molecule has 0 unspecified atom stereocenters. The number of rotatable bonds is 5. The molecule has 0 bridgehead atoms. The van der Waals surface area contributed by atoms with Gasteiger partial charge in [0, 0.05) is 12.1 Å². The van der Waals surface area contributed by atoms with Gasteiger partial charge in [-0.25, -0.2) is 0 Å². The molecule has 2 rings (SSSR count). The Labute approximate surface area is 133 Å². The van der Waals surface area contributed by atoms with Crippen LogP contribution in [0.4, 0.5) is 0 Å². The predicted octanol–water partition coefficient (Wildman–Crippen LogP) is 2.05. The van der Waals surface area contributed by atoms with Gasteiger partial charge in [0.1, 0.15) is 5.75 Å². The zero-order valence-corrected chi connectivity index (χ0v) is 13.0. The lowest BCUT2D eigenvalue weighted by Gasteiger charge is -2.35. The summed E-state index contributed by atoms with van der Waals surface area (Å²) < 4.78 is 10.6. The summed E-state index contributed by atoms with van der Waals surface area (Å²) in [5, 5.41) is 9.30. The Bertz CT molecular complexity index is 563. The normalized spacial score (nSPS) is 18.1. The number of carbonyl (C=O) groups excluding carboxylic acids is 1. The monoisotopic (exact) mass is 327 g/mol. The van der Waals surface area contributed by atoms with Crippen LogP contribution in [0.15, 0.2) is 18.2 Å². The quantitative estimate of drug-likeness (QED) is 0.895. The molecule has 1 aliphatic rings. The Morgan fingerprint density at radius 1 is 1.50 bits per heavy atom. The summed E-state index contributed by atoms with van der Waals surface area (Å²) in [7, 11) is 0. The third-order valence-corrected chi connectivity index (χ3v) is 3.67. The van der Waals surface area contributed by atoms with Crippen LogP contribution in [0.1, 0.15) is 23.7 Å². The fourth-order valence-electron chi connectivity index (χ4n) is 2.37. The molecule has 1 saturated heterocycles. The molecule has 0 saturated carbocycles.